The van der Waals surface area contributed by atoms with Crippen molar-refractivity contribution in [3.8, 4) is 16.9 Å². The van der Waals surface area contributed by atoms with Crippen molar-refractivity contribution >= 4 is 11.0 Å². The number of hydrogen-bond acceptors (Lipinski definition) is 3. The van der Waals surface area contributed by atoms with E-state index in [4.69, 9.17) is 0 Å². The molecule has 0 saturated carbocycles. The monoisotopic (exact) mass is 309 g/mol. The molecule has 8 heteroatoms. The SMILES string of the molecule is Cn1cnc2c(-c3ccc(OC(F)(F)F)cc3)c[nH]c(=O)c21. The summed E-state index contributed by atoms with van der Waals surface area (Å²) in [4.78, 5) is 18.6. The van der Waals surface area contributed by atoms with E-state index in [0.29, 0.717) is 22.2 Å². The van der Waals surface area contributed by atoms with Crippen LogP contribution in [-0.4, -0.2) is 20.9 Å². The summed E-state index contributed by atoms with van der Waals surface area (Å²) in [5.41, 5.74) is 1.84. The van der Waals surface area contributed by atoms with Crippen molar-refractivity contribution < 1.29 is 17.9 Å². The molecule has 0 spiro atoms. The summed E-state index contributed by atoms with van der Waals surface area (Å²) in [5, 5.41) is 0. The first kappa shape index (κ1) is 14.2. The number of alkyl halides is 3. The number of halogens is 3. The molecule has 0 amide bonds. The molecule has 1 N–H and O–H groups in total. The predicted octanol–water partition coefficient (Wildman–Crippen LogP) is 2.83. The number of rotatable bonds is 2. The molecule has 0 aliphatic rings. The van der Waals surface area contributed by atoms with Crippen LogP contribution in [0.25, 0.3) is 22.2 Å². The zero-order valence-corrected chi connectivity index (χ0v) is 11.3. The van der Waals surface area contributed by atoms with Crippen LogP contribution in [-0.2, 0) is 7.05 Å². The summed E-state index contributed by atoms with van der Waals surface area (Å²) in [6.07, 6.45) is -1.74. The average molecular weight is 309 g/mol. The highest BCUT2D eigenvalue weighted by Gasteiger charge is 2.31. The molecule has 114 valence electrons. The number of benzene rings is 1. The average Bonchev–Trinajstić information content (AvgIpc) is 2.82. The fourth-order valence-corrected chi connectivity index (χ4v) is 2.23. The first-order valence-corrected chi connectivity index (χ1v) is 6.24. The van der Waals surface area contributed by atoms with Crippen LogP contribution >= 0.6 is 0 Å². The second kappa shape index (κ2) is 4.90. The first-order valence-electron chi connectivity index (χ1n) is 6.24. The summed E-state index contributed by atoms with van der Waals surface area (Å²) < 4.78 is 41.8. The molecule has 5 nitrogen and oxygen atoms in total. The molecular formula is C14H10F3N3O2. The molecule has 0 radical (unpaired) electrons. The highest BCUT2D eigenvalue weighted by Crippen LogP contribution is 2.28. The Balaban J connectivity index is 2.05. The lowest BCUT2D eigenvalue weighted by atomic mass is 10.1. The quantitative estimate of drug-likeness (QED) is 0.792. The van der Waals surface area contributed by atoms with Crippen molar-refractivity contribution in [3.05, 3.63) is 47.1 Å². The second-order valence-electron chi connectivity index (χ2n) is 4.66. The minimum atomic E-state index is -4.73. The summed E-state index contributed by atoms with van der Waals surface area (Å²) in [7, 11) is 1.69. The number of ether oxygens (including phenoxy) is 1. The summed E-state index contributed by atoms with van der Waals surface area (Å²) in [6.45, 7) is 0. The third-order valence-corrected chi connectivity index (χ3v) is 3.15. The lowest BCUT2D eigenvalue weighted by molar-refractivity contribution is -0.274. The number of H-pyrrole nitrogens is 1. The smallest absolute Gasteiger partial charge is 0.406 e. The van der Waals surface area contributed by atoms with Gasteiger partial charge in [-0.2, -0.15) is 0 Å². The van der Waals surface area contributed by atoms with Gasteiger partial charge in [0, 0.05) is 18.8 Å². The van der Waals surface area contributed by atoms with Crippen molar-refractivity contribution in [2.75, 3.05) is 0 Å². The number of fused-ring (bicyclic) bond motifs is 1. The maximum Gasteiger partial charge on any atom is 0.573 e. The molecule has 0 saturated heterocycles. The Hall–Kier alpha value is -2.77. The van der Waals surface area contributed by atoms with Crippen molar-refractivity contribution in [2.24, 2.45) is 7.05 Å². The van der Waals surface area contributed by atoms with Gasteiger partial charge in [-0.15, -0.1) is 13.2 Å². The summed E-state index contributed by atoms with van der Waals surface area (Å²) in [5.74, 6) is -0.307. The van der Waals surface area contributed by atoms with E-state index < -0.39 is 6.36 Å². The molecule has 0 unspecified atom stereocenters. The van der Waals surface area contributed by atoms with Crippen LogP contribution in [0.3, 0.4) is 0 Å². The van der Waals surface area contributed by atoms with Crippen molar-refractivity contribution in [2.45, 2.75) is 6.36 Å². The van der Waals surface area contributed by atoms with Crippen LogP contribution in [0, 0.1) is 0 Å². The third kappa shape index (κ3) is 2.54. The maximum absolute atomic E-state index is 12.1. The van der Waals surface area contributed by atoms with Crippen LogP contribution < -0.4 is 10.3 Å². The van der Waals surface area contributed by atoms with Gasteiger partial charge in [0.05, 0.1) is 6.33 Å². The van der Waals surface area contributed by atoms with Gasteiger partial charge in [0.25, 0.3) is 5.56 Å². The van der Waals surface area contributed by atoms with E-state index in [1.54, 1.807) is 11.6 Å². The molecule has 3 rings (SSSR count). The molecule has 3 aromatic rings. The Kier molecular flexibility index (Phi) is 3.16. The van der Waals surface area contributed by atoms with E-state index in [9.17, 15) is 18.0 Å². The minimum absolute atomic E-state index is 0.282. The largest absolute Gasteiger partial charge is 0.573 e. The van der Waals surface area contributed by atoms with Crippen molar-refractivity contribution in [1.29, 1.82) is 0 Å². The van der Waals surface area contributed by atoms with E-state index in [1.165, 1.54) is 36.8 Å². The van der Waals surface area contributed by atoms with Gasteiger partial charge in [-0.3, -0.25) is 4.79 Å². The lowest BCUT2D eigenvalue weighted by Gasteiger charge is -2.09. The van der Waals surface area contributed by atoms with Crippen LogP contribution in [0.2, 0.25) is 0 Å². The Bertz CT molecular complexity index is 879. The van der Waals surface area contributed by atoms with Gasteiger partial charge in [-0.1, -0.05) is 12.1 Å². The molecule has 2 heterocycles. The minimum Gasteiger partial charge on any atom is -0.406 e. The van der Waals surface area contributed by atoms with Gasteiger partial charge in [0.15, 0.2) is 0 Å². The van der Waals surface area contributed by atoms with E-state index in [-0.39, 0.29) is 11.3 Å². The van der Waals surface area contributed by atoms with Crippen molar-refractivity contribution in [3.63, 3.8) is 0 Å². The standard InChI is InChI=1S/C14H10F3N3O2/c1-20-7-19-11-10(6-18-13(21)12(11)20)8-2-4-9(5-3-8)22-14(15,16)17/h2-7H,1H3,(H,18,21). The number of aromatic nitrogens is 3. The van der Waals surface area contributed by atoms with E-state index in [1.807, 2.05) is 0 Å². The van der Waals surface area contributed by atoms with Gasteiger partial charge in [0.2, 0.25) is 0 Å². The molecule has 0 aliphatic heterocycles. The highest BCUT2D eigenvalue weighted by atomic mass is 19.4. The lowest BCUT2D eigenvalue weighted by Crippen LogP contribution is -2.16. The van der Waals surface area contributed by atoms with Crippen LogP contribution in [0.15, 0.2) is 41.6 Å². The predicted molar refractivity (Wildman–Crippen MR) is 73.5 cm³/mol. The normalized spacial score (nSPS) is 11.8. The van der Waals surface area contributed by atoms with Gasteiger partial charge in [-0.05, 0) is 17.7 Å². The zero-order chi connectivity index (χ0) is 15.9. The Morgan fingerprint density at radius 1 is 1.23 bits per heavy atom. The molecule has 22 heavy (non-hydrogen) atoms. The Morgan fingerprint density at radius 2 is 1.91 bits per heavy atom. The highest BCUT2D eigenvalue weighted by molar-refractivity contribution is 5.90. The molecule has 0 atom stereocenters. The Labute approximate surface area is 122 Å². The number of aryl methyl sites for hydroxylation is 1. The summed E-state index contributed by atoms with van der Waals surface area (Å²) >= 11 is 0. The summed E-state index contributed by atoms with van der Waals surface area (Å²) in [6, 6.07) is 5.37. The maximum atomic E-state index is 12.1. The van der Waals surface area contributed by atoms with E-state index >= 15 is 0 Å². The number of aromatic amines is 1. The molecular weight excluding hydrogens is 299 g/mol. The van der Waals surface area contributed by atoms with Gasteiger partial charge >= 0.3 is 6.36 Å². The molecule has 0 aliphatic carbocycles. The molecule has 2 aromatic heterocycles. The van der Waals surface area contributed by atoms with E-state index in [2.05, 4.69) is 14.7 Å². The first-order chi connectivity index (χ1) is 10.3. The van der Waals surface area contributed by atoms with Crippen LogP contribution in [0.1, 0.15) is 0 Å². The fraction of sp³-hybridized carbons (Fsp3) is 0.143. The molecule has 0 fully saturated rings. The number of pyridine rings is 1. The Morgan fingerprint density at radius 3 is 2.55 bits per heavy atom. The van der Waals surface area contributed by atoms with Gasteiger partial charge in [0.1, 0.15) is 16.8 Å². The van der Waals surface area contributed by atoms with E-state index in [0.717, 1.165) is 0 Å². The topological polar surface area (TPSA) is 59.9 Å². The fourth-order valence-electron chi connectivity index (χ4n) is 2.23. The second-order valence-corrected chi connectivity index (χ2v) is 4.66. The van der Waals surface area contributed by atoms with Crippen LogP contribution in [0.5, 0.6) is 5.75 Å². The zero-order valence-electron chi connectivity index (χ0n) is 11.3. The number of nitrogens with one attached hydrogen (secondary N) is 1. The molecule has 0 bridgehead atoms. The van der Waals surface area contributed by atoms with Crippen molar-refractivity contribution in [1.82, 2.24) is 14.5 Å². The van der Waals surface area contributed by atoms with Crippen LogP contribution in [0.4, 0.5) is 13.2 Å². The number of nitrogens with zero attached hydrogens (tertiary/aromatic N) is 2. The molecule has 1 aromatic carbocycles. The number of hydrogen-bond donors (Lipinski definition) is 1. The number of imidazole rings is 1. The van der Waals surface area contributed by atoms with Gasteiger partial charge < -0.3 is 14.3 Å². The van der Waals surface area contributed by atoms with Gasteiger partial charge in [-0.25, -0.2) is 4.98 Å². The third-order valence-electron chi connectivity index (χ3n) is 3.15.